The van der Waals surface area contributed by atoms with E-state index in [1.54, 1.807) is 36.3 Å². The molecular weight excluding hydrogens is 328 g/mol. The number of halogens is 1. The average Bonchev–Trinajstić information content (AvgIpc) is 2.86. The zero-order valence-corrected chi connectivity index (χ0v) is 12.3. The van der Waals surface area contributed by atoms with Crippen LogP contribution in [-0.2, 0) is 11.3 Å². The van der Waals surface area contributed by atoms with Crippen molar-refractivity contribution in [2.45, 2.75) is 6.54 Å². The van der Waals surface area contributed by atoms with Gasteiger partial charge in [-0.25, -0.2) is 0 Å². The standard InChI is InChI=1S/C12H13BrN4O3/c1-20-5-4-16-8-10(7-14-16)15-11-3-2-9(13)6-12(11)17(18)19/h2-3,6-8,15H,4-5H2,1H3. The van der Waals surface area contributed by atoms with Crippen LogP contribution >= 0.6 is 15.9 Å². The maximum Gasteiger partial charge on any atom is 0.293 e. The molecule has 0 spiro atoms. The van der Waals surface area contributed by atoms with Crippen molar-refractivity contribution in [1.29, 1.82) is 0 Å². The zero-order valence-electron chi connectivity index (χ0n) is 10.7. The van der Waals surface area contributed by atoms with Crippen molar-refractivity contribution >= 4 is 33.0 Å². The Bertz CT molecular complexity index is 614. The zero-order chi connectivity index (χ0) is 14.5. The second-order valence-corrected chi connectivity index (χ2v) is 4.94. The maximum atomic E-state index is 11.0. The highest BCUT2D eigenvalue weighted by Crippen LogP contribution is 2.30. The number of nitro benzene ring substituents is 1. The molecule has 1 heterocycles. The van der Waals surface area contributed by atoms with Crippen LogP contribution < -0.4 is 5.32 Å². The van der Waals surface area contributed by atoms with Crippen molar-refractivity contribution < 1.29 is 9.66 Å². The number of rotatable bonds is 6. The number of methoxy groups -OCH3 is 1. The summed E-state index contributed by atoms with van der Waals surface area (Å²) in [6.07, 6.45) is 3.38. The van der Waals surface area contributed by atoms with E-state index in [0.29, 0.717) is 29.0 Å². The number of aromatic nitrogens is 2. The van der Waals surface area contributed by atoms with Gasteiger partial charge in [0.2, 0.25) is 0 Å². The number of ether oxygens (including phenoxy) is 1. The molecule has 0 unspecified atom stereocenters. The number of benzene rings is 1. The van der Waals surface area contributed by atoms with Crippen LogP contribution in [-0.4, -0.2) is 28.4 Å². The minimum atomic E-state index is -0.428. The smallest absolute Gasteiger partial charge is 0.293 e. The van der Waals surface area contributed by atoms with Crippen molar-refractivity contribution in [2.75, 3.05) is 19.0 Å². The molecule has 0 saturated heterocycles. The minimum absolute atomic E-state index is 0.00372. The van der Waals surface area contributed by atoms with E-state index < -0.39 is 4.92 Å². The molecule has 20 heavy (non-hydrogen) atoms. The molecule has 8 heteroatoms. The van der Waals surface area contributed by atoms with Crippen molar-refractivity contribution in [3.63, 3.8) is 0 Å². The first-order valence-corrected chi connectivity index (χ1v) is 6.62. The summed E-state index contributed by atoms with van der Waals surface area (Å²) in [5.41, 5.74) is 1.11. The van der Waals surface area contributed by atoms with E-state index in [9.17, 15) is 10.1 Å². The summed E-state index contributed by atoms with van der Waals surface area (Å²) in [6, 6.07) is 4.84. The summed E-state index contributed by atoms with van der Waals surface area (Å²) in [5.74, 6) is 0. The van der Waals surface area contributed by atoms with E-state index in [2.05, 4.69) is 26.3 Å². The molecule has 2 aromatic rings. The summed E-state index contributed by atoms with van der Waals surface area (Å²) in [4.78, 5) is 10.6. The highest BCUT2D eigenvalue weighted by molar-refractivity contribution is 9.10. The molecule has 7 nitrogen and oxygen atoms in total. The number of nitrogens with zero attached hydrogens (tertiary/aromatic N) is 3. The Hall–Kier alpha value is -1.93. The van der Waals surface area contributed by atoms with Gasteiger partial charge >= 0.3 is 0 Å². The molecule has 0 bridgehead atoms. The first-order chi connectivity index (χ1) is 9.60. The van der Waals surface area contributed by atoms with E-state index in [4.69, 9.17) is 4.74 Å². The predicted molar refractivity (Wildman–Crippen MR) is 78.2 cm³/mol. The largest absolute Gasteiger partial charge is 0.383 e. The van der Waals surface area contributed by atoms with Crippen LogP contribution in [0.5, 0.6) is 0 Å². The molecule has 106 valence electrons. The lowest BCUT2D eigenvalue weighted by Gasteiger charge is -2.05. The number of anilines is 2. The molecule has 1 N–H and O–H groups in total. The SMILES string of the molecule is COCCn1cc(Nc2ccc(Br)cc2[N+](=O)[O-])cn1. The van der Waals surface area contributed by atoms with Crippen molar-refractivity contribution in [1.82, 2.24) is 9.78 Å². The van der Waals surface area contributed by atoms with E-state index in [1.165, 1.54) is 6.07 Å². The van der Waals surface area contributed by atoms with Gasteiger partial charge in [0.25, 0.3) is 5.69 Å². The van der Waals surface area contributed by atoms with Crippen molar-refractivity contribution in [3.05, 3.63) is 45.2 Å². The average molecular weight is 341 g/mol. The van der Waals surface area contributed by atoms with Crippen LogP contribution in [0.15, 0.2) is 35.1 Å². The number of hydrogen-bond acceptors (Lipinski definition) is 5. The van der Waals surface area contributed by atoms with Crippen LogP contribution in [0.1, 0.15) is 0 Å². The summed E-state index contributed by atoms with van der Waals surface area (Å²) >= 11 is 3.22. The summed E-state index contributed by atoms with van der Waals surface area (Å²) < 4.78 is 7.32. The molecule has 0 aliphatic heterocycles. The molecule has 0 aliphatic rings. The normalized spacial score (nSPS) is 10.5. The van der Waals surface area contributed by atoms with Gasteiger partial charge in [-0.15, -0.1) is 0 Å². The van der Waals surface area contributed by atoms with Crippen LogP contribution in [0.3, 0.4) is 0 Å². The Morgan fingerprint density at radius 3 is 3.05 bits per heavy atom. The van der Waals surface area contributed by atoms with Gasteiger partial charge in [0.1, 0.15) is 5.69 Å². The minimum Gasteiger partial charge on any atom is -0.383 e. The van der Waals surface area contributed by atoms with Crippen LogP contribution in [0.2, 0.25) is 0 Å². The van der Waals surface area contributed by atoms with Crippen LogP contribution in [0.4, 0.5) is 17.1 Å². The lowest BCUT2D eigenvalue weighted by molar-refractivity contribution is -0.384. The van der Waals surface area contributed by atoms with Gasteiger partial charge < -0.3 is 10.1 Å². The first-order valence-electron chi connectivity index (χ1n) is 5.82. The summed E-state index contributed by atoms with van der Waals surface area (Å²) in [6.45, 7) is 1.18. The summed E-state index contributed by atoms with van der Waals surface area (Å²) in [5, 5.41) is 18.1. The molecule has 0 fully saturated rings. The van der Waals surface area contributed by atoms with Gasteiger partial charge in [-0.1, -0.05) is 15.9 Å². The van der Waals surface area contributed by atoms with Crippen LogP contribution in [0.25, 0.3) is 0 Å². The Balaban J connectivity index is 2.17. The highest BCUT2D eigenvalue weighted by atomic mass is 79.9. The van der Waals surface area contributed by atoms with Gasteiger partial charge in [-0.3, -0.25) is 14.8 Å². The van der Waals surface area contributed by atoms with E-state index in [0.717, 1.165) is 0 Å². The fourth-order valence-corrected chi connectivity index (χ4v) is 2.00. The Kier molecular flexibility index (Phi) is 4.70. The molecule has 2 rings (SSSR count). The lowest BCUT2D eigenvalue weighted by atomic mass is 10.2. The first kappa shape index (κ1) is 14.5. The topological polar surface area (TPSA) is 82.2 Å². The lowest BCUT2D eigenvalue weighted by Crippen LogP contribution is -2.04. The number of hydrogen-bond donors (Lipinski definition) is 1. The third-order valence-electron chi connectivity index (χ3n) is 2.59. The third-order valence-corrected chi connectivity index (χ3v) is 3.09. The van der Waals surface area contributed by atoms with Gasteiger partial charge in [0.15, 0.2) is 0 Å². The van der Waals surface area contributed by atoms with Crippen LogP contribution in [0, 0.1) is 10.1 Å². The van der Waals surface area contributed by atoms with Crippen molar-refractivity contribution in [3.8, 4) is 0 Å². The molecule has 1 aromatic carbocycles. The molecule has 1 aromatic heterocycles. The van der Waals surface area contributed by atoms with Gasteiger partial charge in [0, 0.05) is 23.8 Å². The second-order valence-electron chi connectivity index (χ2n) is 4.03. The number of nitro groups is 1. The molecular formula is C12H13BrN4O3. The van der Waals surface area contributed by atoms with Gasteiger partial charge in [0.05, 0.1) is 30.0 Å². The Morgan fingerprint density at radius 2 is 2.35 bits per heavy atom. The molecule has 0 amide bonds. The van der Waals surface area contributed by atoms with Gasteiger partial charge in [-0.2, -0.15) is 5.10 Å². The molecule has 0 saturated carbocycles. The van der Waals surface area contributed by atoms with E-state index in [-0.39, 0.29) is 5.69 Å². The van der Waals surface area contributed by atoms with Gasteiger partial charge in [-0.05, 0) is 12.1 Å². The fraction of sp³-hybridized carbons (Fsp3) is 0.250. The molecule has 0 atom stereocenters. The fourth-order valence-electron chi connectivity index (χ4n) is 1.65. The predicted octanol–water partition coefficient (Wildman–Crippen LogP) is 2.94. The second kappa shape index (κ2) is 6.49. The Morgan fingerprint density at radius 1 is 1.55 bits per heavy atom. The molecule has 0 aliphatic carbocycles. The van der Waals surface area contributed by atoms with E-state index >= 15 is 0 Å². The number of nitrogens with one attached hydrogen (secondary N) is 1. The van der Waals surface area contributed by atoms with E-state index in [1.807, 2.05) is 0 Å². The highest BCUT2D eigenvalue weighted by Gasteiger charge is 2.14. The summed E-state index contributed by atoms with van der Waals surface area (Å²) in [7, 11) is 1.62. The molecule has 0 radical (unpaired) electrons. The maximum absolute atomic E-state index is 11.0. The third kappa shape index (κ3) is 3.55. The quantitative estimate of drug-likeness (QED) is 0.645. The van der Waals surface area contributed by atoms with Crippen molar-refractivity contribution in [2.24, 2.45) is 0 Å². The monoisotopic (exact) mass is 340 g/mol. The Labute approximate surface area is 123 Å².